The molecule has 0 spiro atoms. The minimum atomic E-state index is -3.59. The Hall–Kier alpha value is -1.87. The van der Waals surface area contributed by atoms with E-state index in [0.717, 1.165) is 19.3 Å². The largest absolute Gasteiger partial charge is 0.481 e. The van der Waals surface area contributed by atoms with E-state index in [1.165, 1.54) is 21.1 Å². The molecule has 1 fully saturated rings. The highest BCUT2D eigenvalue weighted by Gasteiger charge is 2.28. The molecule has 9 heteroatoms. The molecule has 0 unspecified atom stereocenters. The van der Waals surface area contributed by atoms with Crippen molar-refractivity contribution in [2.45, 2.75) is 30.6 Å². The van der Waals surface area contributed by atoms with Crippen molar-refractivity contribution in [3.8, 4) is 0 Å². The first-order valence-corrected chi connectivity index (χ1v) is 8.93. The molecule has 2 N–H and O–H groups in total. The van der Waals surface area contributed by atoms with E-state index in [1.807, 2.05) is 0 Å². The quantitative estimate of drug-likeness (QED) is 0.777. The first kappa shape index (κ1) is 17.5. The average molecular weight is 343 g/mol. The molecule has 0 aromatic carbocycles. The predicted molar refractivity (Wildman–Crippen MR) is 82.6 cm³/mol. The van der Waals surface area contributed by atoms with Crippen LogP contribution in [0.3, 0.4) is 0 Å². The van der Waals surface area contributed by atoms with Gasteiger partial charge in [0.1, 0.15) is 10.6 Å². The molecule has 1 aliphatic rings. The summed E-state index contributed by atoms with van der Waals surface area (Å²) in [7, 11) is -2.01. The fourth-order valence-corrected chi connectivity index (χ4v) is 4.12. The Kier molecular flexibility index (Phi) is 5.42. The van der Waals surface area contributed by atoms with Crippen LogP contribution >= 0.6 is 0 Å². The number of nitrogens with zero attached hydrogens (tertiary/aromatic N) is 2. The van der Waals surface area contributed by atoms with Gasteiger partial charge in [-0.25, -0.2) is 8.42 Å². The number of carbonyl (C=O) groups excluding carboxylic acids is 1. The molecule has 2 heterocycles. The van der Waals surface area contributed by atoms with Gasteiger partial charge in [-0.05, 0) is 18.9 Å². The minimum Gasteiger partial charge on any atom is -0.481 e. The summed E-state index contributed by atoms with van der Waals surface area (Å²) in [5.41, 5.74) is 0.186. The van der Waals surface area contributed by atoms with Crippen molar-refractivity contribution in [2.24, 2.45) is 7.05 Å². The number of amides is 1. The van der Waals surface area contributed by atoms with Gasteiger partial charge >= 0.3 is 5.97 Å². The van der Waals surface area contributed by atoms with Crippen molar-refractivity contribution in [2.75, 3.05) is 19.6 Å². The third kappa shape index (κ3) is 4.11. The van der Waals surface area contributed by atoms with Gasteiger partial charge in [0.25, 0.3) is 5.91 Å². The lowest BCUT2D eigenvalue weighted by molar-refractivity contribution is -0.136. The van der Waals surface area contributed by atoms with Gasteiger partial charge in [0.2, 0.25) is 10.0 Å². The van der Waals surface area contributed by atoms with Crippen LogP contribution in [-0.2, 0) is 21.9 Å². The molecule has 0 aliphatic carbocycles. The van der Waals surface area contributed by atoms with Gasteiger partial charge in [0.15, 0.2) is 0 Å². The molecule has 128 valence electrons. The molecule has 0 radical (unpaired) electrons. The molecule has 1 aromatic heterocycles. The number of carboxylic acids is 1. The number of sulfonamides is 1. The lowest BCUT2D eigenvalue weighted by Gasteiger charge is -2.25. The smallest absolute Gasteiger partial charge is 0.305 e. The normalized spacial score (nSPS) is 16.2. The van der Waals surface area contributed by atoms with Crippen LogP contribution in [0, 0.1) is 0 Å². The number of aryl methyl sites for hydroxylation is 1. The fourth-order valence-electron chi connectivity index (χ4n) is 2.53. The van der Waals surface area contributed by atoms with Gasteiger partial charge in [0.05, 0.1) is 6.42 Å². The summed E-state index contributed by atoms with van der Waals surface area (Å²) in [4.78, 5) is 22.6. The predicted octanol–water partition coefficient (Wildman–Crippen LogP) is 0.404. The van der Waals surface area contributed by atoms with Crippen molar-refractivity contribution in [3.05, 3.63) is 18.0 Å². The summed E-state index contributed by atoms with van der Waals surface area (Å²) in [6, 6.07) is 1.33. The Bertz CT molecular complexity index is 689. The van der Waals surface area contributed by atoms with E-state index >= 15 is 0 Å². The molecule has 1 aromatic rings. The van der Waals surface area contributed by atoms with Gasteiger partial charge < -0.3 is 15.0 Å². The van der Waals surface area contributed by atoms with E-state index in [-0.39, 0.29) is 23.6 Å². The number of aliphatic carboxylic acids is 1. The molecular weight excluding hydrogens is 322 g/mol. The van der Waals surface area contributed by atoms with Crippen LogP contribution in [0.1, 0.15) is 36.2 Å². The number of carboxylic acid groups (broad SMARTS) is 1. The van der Waals surface area contributed by atoms with Gasteiger partial charge in [0, 0.05) is 32.9 Å². The molecule has 1 amide bonds. The monoisotopic (exact) mass is 343 g/mol. The van der Waals surface area contributed by atoms with E-state index in [9.17, 15) is 18.0 Å². The van der Waals surface area contributed by atoms with Crippen LogP contribution < -0.4 is 5.32 Å². The summed E-state index contributed by atoms with van der Waals surface area (Å²) in [5, 5.41) is 11.0. The molecule has 1 saturated heterocycles. The molecule has 0 atom stereocenters. The summed E-state index contributed by atoms with van der Waals surface area (Å²) in [6.45, 7) is 0.988. The van der Waals surface area contributed by atoms with E-state index < -0.39 is 21.9 Å². The Morgan fingerprint density at radius 3 is 2.52 bits per heavy atom. The van der Waals surface area contributed by atoms with E-state index in [4.69, 9.17) is 5.11 Å². The van der Waals surface area contributed by atoms with E-state index in [0.29, 0.717) is 13.1 Å². The first-order chi connectivity index (χ1) is 10.8. The molecule has 0 saturated carbocycles. The standard InChI is InChI=1S/C14H21N3O5S/c1-16-10-11(23(21,22)17-7-3-2-4-8-17)9-12(16)14(20)15-6-5-13(18)19/h9-10H,2-8H2,1H3,(H,15,20)(H,18,19). The van der Waals surface area contributed by atoms with Crippen LogP contribution in [0.15, 0.2) is 17.2 Å². The lowest BCUT2D eigenvalue weighted by Crippen LogP contribution is -2.35. The summed E-state index contributed by atoms with van der Waals surface area (Å²) in [5.74, 6) is -1.50. The fraction of sp³-hybridized carbons (Fsp3) is 0.571. The van der Waals surface area contributed by atoms with Gasteiger partial charge in [-0.15, -0.1) is 0 Å². The maximum atomic E-state index is 12.6. The maximum Gasteiger partial charge on any atom is 0.305 e. The zero-order valence-corrected chi connectivity index (χ0v) is 13.8. The van der Waals surface area contributed by atoms with Crippen LogP contribution in [0.2, 0.25) is 0 Å². The second kappa shape index (κ2) is 7.14. The molecule has 23 heavy (non-hydrogen) atoms. The van der Waals surface area contributed by atoms with Crippen molar-refractivity contribution >= 4 is 21.9 Å². The second-order valence-electron chi connectivity index (χ2n) is 5.54. The molecule has 0 bridgehead atoms. The first-order valence-electron chi connectivity index (χ1n) is 7.49. The topological polar surface area (TPSA) is 109 Å². The van der Waals surface area contributed by atoms with Crippen LogP contribution in [0.4, 0.5) is 0 Å². The highest BCUT2D eigenvalue weighted by Crippen LogP contribution is 2.22. The van der Waals surface area contributed by atoms with Crippen molar-refractivity contribution in [1.82, 2.24) is 14.2 Å². The number of hydrogen-bond donors (Lipinski definition) is 2. The number of aromatic nitrogens is 1. The van der Waals surface area contributed by atoms with Crippen molar-refractivity contribution < 1.29 is 23.1 Å². The Morgan fingerprint density at radius 2 is 1.91 bits per heavy atom. The zero-order chi connectivity index (χ0) is 17.0. The zero-order valence-electron chi connectivity index (χ0n) is 13.0. The Morgan fingerprint density at radius 1 is 1.26 bits per heavy atom. The second-order valence-corrected chi connectivity index (χ2v) is 7.47. The Labute approximate surface area is 135 Å². The number of carbonyl (C=O) groups is 2. The number of hydrogen-bond acceptors (Lipinski definition) is 4. The third-order valence-corrected chi connectivity index (χ3v) is 5.65. The SMILES string of the molecule is Cn1cc(S(=O)(=O)N2CCCCC2)cc1C(=O)NCCC(=O)O. The van der Waals surface area contributed by atoms with E-state index in [2.05, 4.69) is 5.32 Å². The molecule has 8 nitrogen and oxygen atoms in total. The third-order valence-electron chi connectivity index (χ3n) is 3.79. The molecule has 1 aliphatic heterocycles. The number of rotatable bonds is 6. The van der Waals surface area contributed by atoms with E-state index in [1.54, 1.807) is 7.05 Å². The molecule has 2 rings (SSSR count). The van der Waals surface area contributed by atoms with Crippen LogP contribution in [0.5, 0.6) is 0 Å². The van der Waals surface area contributed by atoms with Crippen LogP contribution in [0.25, 0.3) is 0 Å². The van der Waals surface area contributed by atoms with Crippen molar-refractivity contribution in [1.29, 1.82) is 0 Å². The van der Waals surface area contributed by atoms with Crippen LogP contribution in [-0.4, -0.2) is 53.9 Å². The summed E-state index contributed by atoms with van der Waals surface area (Å²) in [6.07, 6.45) is 3.94. The molecular formula is C14H21N3O5S. The highest BCUT2D eigenvalue weighted by atomic mass is 32.2. The summed E-state index contributed by atoms with van der Waals surface area (Å²) < 4.78 is 28.0. The van der Waals surface area contributed by atoms with Crippen molar-refractivity contribution in [3.63, 3.8) is 0 Å². The number of nitrogens with one attached hydrogen (secondary N) is 1. The maximum absolute atomic E-state index is 12.6. The average Bonchev–Trinajstić information content (AvgIpc) is 2.90. The number of piperidine rings is 1. The summed E-state index contributed by atoms with van der Waals surface area (Å²) >= 11 is 0. The van der Waals surface area contributed by atoms with Gasteiger partial charge in [-0.3, -0.25) is 9.59 Å². The minimum absolute atomic E-state index is 0.00639. The van der Waals surface area contributed by atoms with Gasteiger partial charge in [-0.2, -0.15) is 4.31 Å². The Balaban J connectivity index is 2.13. The lowest BCUT2D eigenvalue weighted by atomic mass is 10.2. The van der Waals surface area contributed by atoms with Gasteiger partial charge in [-0.1, -0.05) is 6.42 Å². The highest BCUT2D eigenvalue weighted by molar-refractivity contribution is 7.89.